The summed E-state index contributed by atoms with van der Waals surface area (Å²) in [6.07, 6.45) is -4.45. The van der Waals surface area contributed by atoms with Crippen molar-refractivity contribution in [3.05, 3.63) is 35.4 Å². The van der Waals surface area contributed by atoms with Crippen LogP contribution < -0.4 is 5.73 Å². The maximum absolute atomic E-state index is 12.4. The van der Waals surface area contributed by atoms with E-state index in [-0.39, 0.29) is 6.42 Å². The van der Waals surface area contributed by atoms with Gasteiger partial charge in [0.2, 0.25) is 0 Å². The van der Waals surface area contributed by atoms with Crippen LogP contribution in [0.15, 0.2) is 24.3 Å². The lowest BCUT2D eigenvalue weighted by Crippen LogP contribution is -2.49. The SMILES string of the molecule is N[C@]1(C(=O)C(F)(F)F)CCc2ccccc21. The van der Waals surface area contributed by atoms with Crippen LogP contribution in [-0.4, -0.2) is 12.0 Å². The topological polar surface area (TPSA) is 43.1 Å². The Kier molecular flexibility index (Phi) is 2.31. The molecule has 0 unspecified atom stereocenters. The largest absolute Gasteiger partial charge is 0.452 e. The van der Waals surface area contributed by atoms with E-state index in [4.69, 9.17) is 5.73 Å². The summed E-state index contributed by atoms with van der Waals surface area (Å²) >= 11 is 0. The number of rotatable bonds is 1. The molecule has 2 nitrogen and oxygen atoms in total. The van der Waals surface area contributed by atoms with Crippen LogP contribution in [0.1, 0.15) is 17.5 Å². The second kappa shape index (κ2) is 3.31. The quantitative estimate of drug-likeness (QED) is 0.799. The number of ketones is 1. The molecule has 16 heavy (non-hydrogen) atoms. The highest BCUT2D eigenvalue weighted by atomic mass is 19.4. The predicted octanol–water partition coefficient (Wildman–Crippen LogP) is 1.92. The van der Waals surface area contributed by atoms with Crippen molar-refractivity contribution in [3.8, 4) is 0 Å². The Morgan fingerprint density at radius 1 is 1.31 bits per heavy atom. The normalized spacial score (nSPS) is 24.2. The molecule has 0 radical (unpaired) electrons. The minimum Gasteiger partial charge on any atom is -0.315 e. The van der Waals surface area contributed by atoms with Gasteiger partial charge in [-0.2, -0.15) is 13.2 Å². The van der Waals surface area contributed by atoms with Crippen LogP contribution in [0.3, 0.4) is 0 Å². The molecule has 0 saturated heterocycles. The zero-order chi connectivity index (χ0) is 12.0. The number of Topliss-reactive ketones (excluding diaryl/α,β-unsaturated/α-hetero) is 1. The Labute approximate surface area is 90.2 Å². The molecule has 86 valence electrons. The highest BCUT2D eigenvalue weighted by Gasteiger charge is 2.53. The Hall–Kier alpha value is -1.36. The average molecular weight is 229 g/mol. The van der Waals surface area contributed by atoms with E-state index in [1.165, 1.54) is 6.07 Å². The summed E-state index contributed by atoms with van der Waals surface area (Å²) in [6.45, 7) is 0. The second-order valence-corrected chi connectivity index (χ2v) is 3.96. The molecule has 0 aromatic heterocycles. The summed E-state index contributed by atoms with van der Waals surface area (Å²) in [7, 11) is 0. The van der Waals surface area contributed by atoms with E-state index in [1.54, 1.807) is 18.2 Å². The molecule has 2 rings (SSSR count). The molecule has 0 saturated carbocycles. The molecular weight excluding hydrogens is 219 g/mol. The first-order chi connectivity index (χ1) is 7.36. The van der Waals surface area contributed by atoms with Crippen LogP contribution in [0.4, 0.5) is 13.2 Å². The van der Waals surface area contributed by atoms with Gasteiger partial charge in [-0.05, 0) is 24.0 Å². The van der Waals surface area contributed by atoms with Crippen LogP contribution in [0, 0.1) is 0 Å². The first-order valence-corrected chi connectivity index (χ1v) is 4.84. The molecule has 0 spiro atoms. The lowest BCUT2D eigenvalue weighted by Gasteiger charge is -2.24. The third-order valence-corrected chi connectivity index (χ3v) is 2.95. The van der Waals surface area contributed by atoms with Crippen LogP contribution in [0.5, 0.6) is 0 Å². The van der Waals surface area contributed by atoms with Crippen molar-refractivity contribution in [3.63, 3.8) is 0 Å². The summed E-state index contributed by atoms with van der Waals surface area (Å²) in [5.74, 6) is -1.86. The molecule has 0 amide bonds. The fraction of sp³-hybridized carbons (Fsp3) is 0.364. The number of nitrogens with two attached hydrogens (primary N) is 1. The fourth-order valence-corrected chi connectivity index (χ4v) is 2.13. The minimum atomic E-state index is -4.88. The standard InChI is InChI=1S/C11H10F3NO/c12-11(13,14)9(16)10(15)6-5-7-3-1-2-4-8(7)10/h1-4H,5-6,15H2/t10-/m1/s1. The Balaban J connectivity index is 2.47. The molecule has 1 aromatic rings. The summed E-state index contributed by atoms with van der Waals surface area (Å²) in [4.78, 5) is 11.3. The van der Waals surface area contributed by atoms with Gasteiger partial charge in [0.15, 0.2) is 0 Å². The molecule has 5 heteroatoms. The number of carbonyl (C=O) groups is 1. The molecule has 1 aliphatic rings. The lowest BCUT2D eigenvalue weighted by molar-refractivity contribution is -0.177. The van der Waals surface area contributed by atoms with Crippen molar-refractivity contribution in [2.75, 3.05) is 0 Å². The molecule has 0 fully saturated rings. The first-order valence-electron chi connectivity index (χ1n) is 4.84. The number of benzene rings is 1. The van der Waals surface area contributed by atoms with Gasteiger partial charge >= 0.3 is 6.18 Å². The molecule has 0 aliphatic heterocycles. The molecule has 0 heterocycles. The number of alkyl halides is 3. The molecular formula is C11H10F3NO. The monoisotopic (exact) mass is 229 g/mol. The van der Waals surface area contributed by atoms with Gasteiger partial charge in [0.1, 0.15) is 5.54 Å². The van der Waals surface area contributed by atoms with Crippen molar-refractivity contribution < 1.29 is 18.0 Å². The van der Waals surface area contributed by atoms with Gasteiger partial charge in [-0.1, -0.05) is 24.3 Å². The Bertz CT molecular complexity index is 441. The summed E-state index contributed by atoms with van der Waals surface area (Å²) in [5.41, 5.74) is 4.76. The zero-order valence-corrected chi connectivity index (χ0v) is 8.34. The van der Waals surface area contributed by atoms with E-state index < -0.39 is 17.5 Å². The number of carbonyl (C=O) groups excluding carboxylic acids is 1. The van der Waals surface area contributed by atoms with Gasteiger partial charge in [-0.15, -0.1) is 0 Å². The minimum absolute atomic E-state index is 0.0185. The molecule has 1 aromatic carbocycles. The molecule has 0 bridgehead atoms. The molecule has 2 N–H and O–H groups in total. The highest BCUT2D eigenvalue weighted by molar-refractivity contribution is 5.94. The smallest absolute Gasteiger partial charge is 0.315 e. The Morgan fingerprint density at radius 3 is 2.56 bits per heavy atom. The third-order valence-electron chi connectivity index (χ3n) is 2.95. The van der Waals surface area contributed by atoms with Crippen LogP contribution in [0.25, 0.3) is 0 Å². The number of halogens is 3. The number of hydrogen-bond acceptors (Lipinski definition) is 2. The number of hydrogen-bond donors (Lipinski definition) is 1. The van der Waals surface area contributed by atoms with Crippen molar-refractivity contribution in [1.82, 2.24) is 0 Å². The van der Waals surface area contributed by atoms with E-state index in [0.717, 1.165) is 5.56 Å². The van der Waals surface area contributed by atoms with Crippen molar-refractivity contribution >= 4 is 5.78 Å². The van der Waals surface area contributed by atoms with Crippen LogP contribution in [0.2, 0.25) is 0 Å². The van der Waals surface area contributed by atoms with E-state index in [9.17, 15) is 18.0 Å². The maximum atomic E-state index is 12.4. The third kappa shape index (κ3) is 1.51. The summed E-state index contributed by atoms with van der Waals surface area (Å²) in [5, 5.41) is 0. The van der Waals surface area contributed by atoms with Gasteiger partial charge in [-0.3, -0.25) is 4.79 Å². The molecule has 1 atom stereocenters. The number of fused-ring (bicyclic) bond motifs is 1. The number of aryl methyl sites for hydroxylation is 1. The zero-order valence-electron chi connectivity index (χ0n) is 8.34. The van der Waals surface area contributed by atoms with Gasteiger partial charge in [-0.25, -0.2) is 0 Å². The van der Waals surface area contributed by atoms with Gasteiger partial charge in [0.25, 0.3) is 5.78 Å². The van der Waals surface area contributed by atoms with E-state index in [1.807, 2.05) is 0 Å². The van der Waals surface area contributed by atoms with Gasteiger partial charge in [0.05, 0.1) is 0 Å². The van der Waals surface area contributed by atoms with Crippen molar-refractivity contribution in [1.29, 1.82) is 0 Å². The highest BCUT2D eigenvalue weighted by Crippen LogP contribution is 2.39. The van der Waals surface area contributed by atoms with Crippen molar-refractivity contribution in [2.24, 2.45) is 5.73 Å². The molecule has 1 aliphatic carbocycles. The Morgan fingerprint density at radius 2 is 1.94 bits per heavy atom. The lowest BCUT2D eigenvalue weighted by atomic mass is 9.88. The predicted molar refractivity (Wildman–Crippen MR) is 51.7 cm³/mol. The second-order valence-electron chi connectivity index (χ2n) is 3.96. The van der Waals surface area contributed by atoms with Crippen LogP contribution >= 0.6 is 0 Å². The van der Waals surface area contributed by atoms with E-state index in [2.05, 4.69) is 0 Å². The van der Waals surface area contributed by atoms with Crippen molar-refractivity contribution in [2.45, 2.75) is 24.6 Å². The summed E-state index contributed by atoms with van der Waals surface area (Å²) < 4.78 is 37.2. The van der Waals surface area contributed by atoms with Gasteiger partial charge in [0, 0.05) is 0 Å². The van der Waals surface area contributed by atoms with E-state index in [0.29, 0.717) is 12.0 Å². The van der Waals surface area contributed by atoms with E-state index >= 15 is 0 Å². The average Bonchev–Trinajstić information content (AvgIpc) is 2.56. The van der Waals surface area contributed by atoms with Crippen LogP contribution in [-0.2, 0) is 16.8 Å². The maximum Gasteiger partial charge on any atom is 0.452 e. The first kappa shape index (κ1) is 11.1. The fourth-order valence-electron chi connectivity index (χ4n) is 2.13. The summed E-state index contributed by atoms with van der Waals surface area (Å²) in [6, 6.07) is 6.51. The van der Waals surface area contributed by atoms with Gasteiger partial charge < -0.3 is 5.73 Å².